The fraction of sp³-hybridized carbons (Fsp3) is 0.538. The predicted octanol–water partition coefficient (Wildman–Crippen LogP) is 1.30. The molecular weight excluding hydrogens is 234 g/mol. The van der Waals surface area contributed by atoms with E-state index in [0.717, 1.165) is 12.8 Å². The van der Waals surface area contributed by atoms with Crippen molar-refractivity contribution in [3.8, 4) is 0 Å². The molecule has 5 nitrogen and oxygen atoms in total. The number of methoxy groups -OCH3 is 2. The van der Waals surface area contributed by atoms with Gasteiger partial charge in [0.15, 0.2) is 0 Å². The zero-order valence-electron chi connectivity index (χ0n) is 10.8. The van der Waals surface area contributed by atoms with Gasteiger partial charge >= 0.3 is 11.9 Å². The molecule has 0 heterocycles. The van der Waals surface area contributed by atoms with Gasteiger partial charge in [-0.2, -0.15) is 0 Å². The first kappa shape index (κ1) is 14.3. The van der Waals surface area contributed by atoms with Gasteiger partial charge in [0.25, 0.3) is 0 Å². The molecule has 0 aromatic carbocycles. The fourth-order valence-corrected chi connectivity index (χ4v) is 1.82. The fourth-order valence-electron chi connectivity index (χ4n) is 1.82. The Morgan fingerprint density at radius 1 is 1.11 bits per heavy atom. The van der Waals surface area contributed by atoms with E-state index in [9.17, 15) is 9.59 Å². The molecule has 1 aliphatic rings. The number of rotatable bonds is 5. The van der Waals surface area contributed by atoms with E-state index in [4.69, 9.17) is 0 Å². The van der Waals surface area contributed by atoms with Crippen LogP contribution in [0.4, 0.5) is 0 Å². The Labute approximate surface area is 107 Å². The van der Waals surface area contributed by atoms with Gasteiger partial charge in [0.1, 0.15) is 0 Å². The average Bonchev–Trinajstić information content (AvgIpc) is 2.90. The highest BCUT2D eigenvalue weighted by atomic mass is 16.5. The van der Waals surface area contributed by atoms with E-state index in [0.29, 0.717) is 11.6 Å². The lowest BCUT2D eigenvalue weighted by Gasteiger charge is -2.09. The molecule has 0 saturated heterocycles. The Bertz CT molecular complexity index is 354. The topological polar surface area (TPSA) is 64.6 Å². The third-order valence-corrected chi connectivity index (χ3v) is 2.85. The van der Waals surface area contributed by atoms with E-state index in [2.05, 4.69) is 14.8 Å². The lowest BCUT2D eigenvalue weighted by atomic mass is 10.2. The molecule has 18 heavy (non-hydrogen) atoms. The smallest absolute Gasteiger partial charge is 0.339 e. The molecule has 0 radical (unpaired) electrons. The lowest BCUT2D eigenvalue weighted by Crippen LogP contribution is -2.21. The van der Waals surface area contributed by atoms with Crippen molar-refractivity contribution in [1.29, 1.82) is 0 Å². The summed E-state index contributed by atoms with van der Waals surface area (Å²) in [4.78, 5) is 22.5. The molecule has 0 spiro atoms. The van der Waals surface area contributed by atoms with Crippen LogP contribution in [0.5, 0.6) is 0 Å². The van der Waals surface area contributed by atoms with Gasteiger partial charge in [-0.25, -0.2) is 9.59 Å². The second-order valence-electron chi connectivity index (χ2n) is 4.10. The molecule has 100 valence electrons. The molecule has 0 aliphatic heterocycles. The van der Waals surface area contributed by atoms with E-state index in [-0.39, 0.29) is 0 Å². The van der Waals surface area contributed by atoms with Gasteiger partial charge in [-0.15, -0.1) is 0 Å². The molecule has 0 amide bonds. The summed E-state index contributed by atoms with van der Waals surface area (Å²) in [6, 6.07) is 0.399. The number of nitrogens with one attached hydrogen (secondary N) is 1. The largest absolute Gasteiger partial charge is 0.466 e. The van der Waals surface area contributed by atoms with Gasteiger partial charge in [0.05, 0.1) is 19.8 Å². The number of hydrogen-bond donors (Lipinski definition) is 1. The summed E-state index contributed by atoms with van der Waals surface area (Å²) in [5.41, 5.74) is 0.301. The number of carbonyl (C=O) groups excluding carboxylic acids is 2. The highest BCUT2D eigenvalue weighted by Gasteiger charge is 2.14. The number of carbonyl (C=O) groups is 2. The second kappa shape index (κ2) is 7.53. The molecule has 1 saturated carbocycles. The van der Waals surface area contributed by atoms with Crippen LogP contribution in [0, 0.1) is 0 Å². The maximum Gasteiger partial charge on any atom is 0.339 e. The van der Waals surface area contributed by atoms with Crippen molar-refractivity contribution < 1.29 is 19.1 Å². The molecule has 0 atom stereocenters. The summed E-state index contributed by atoms with van der Waals surface area (Å²) < 4.78 is 9.11. The Morgan fingerprint density at radius 3 is 2.33 bits per heavy atom. The minimum atomic E-state index is -0.509. The van der Waals surface area contributed by atoms with Gasteiger partial charge in [-0.3, -0.25) is 0 Å². The molecule has 0 aromatic rings. The maximum atomic E-state index is 11.5. The summed E-state index contributed by atoms with van der Waals surface area (Å²) in [5.74, 6) is -0.994. The summed E-state index contributed by atoms with van der Waals surface area (Å²) in [7, 11) is 2.59. The number of hydrogen-bond acceptors (Lipinski definition) is 5. The van der Waals surface area contributed by atoms with Crippen molar-refractivity contribution >= 4 is 11.9 Å². The van der Waals surface area contributed by atoms with Crippen LogP contribution in [0.1, 0.15) is 25.7 Å². The van der Waals surface area contributed by atoms with Gasteiger partial charge in [-0.1, -0.05) is 12.8 Å². The molecule has 1 aliphatic carbocycles. The van der Waals surface area contributed by atoms with Crippen molar-refractivity contribution in [1.82, 2.24) is 5.32 Å². The number of ether oxygens (including phenoxy) is 2. The minimum Gasteiger partial charge on any atom is -0.466 e. The summed E-state index contributed by atoms with van der Waals surface area (Å²) in [5, 5.41) is 3.17. The quantitative estimate of drug-likeness (QED) is 0.454. The predicted molar refractivity (Wildman–Crippen MR) is 66.6 cm³/mol. The van der Waals surface area contributed by atoms with Crippen LogP contribution in [-0.4, -0.2) is 32.2 Å². The maximum absolute atomic E-state index is 11.5. The zero-order valence-corrected chi connectivity index (χ0v) is 10.8. The first-order valence-corrected chi connectivity index (χ1v) is 5.98. The van der Waals surface area contributed by atoms with E-state index in [1.165, 1.54) is 39.2 Å². The zero-order chi connectivity index (χ0) is 13.4. The summed E-state index contributed by atoms with van der Waals surface area (Å²) in [6.07, 6.45) is 8.80. The van der Waals surface area contributed by atoms with Crippen molar-refractivity contribution in [3.05, 3.63) is 23.9 Å². The highest BCUT2D eigenvalue weighted by Crippen LogP contribution is 2.17. The van der Waals surface area contributed by atoms with Crippen LogP contribution >= 0.6 is 0 Å². The Hall–Kier alpha value is -1.78. The Kier molecular flexibility index (Phi) is 5.97. The summed E-state index contributed by atoms with van der Waals surface area (Å²) in [6.45, 7) is 0. The van der Waals surface area contributed by atoms with Crippen molar-refractivity contribution in [2.24, 2.45) is 0 Å². The molecule has 1 rings (SSSR count). The van der Waals surface area contributed by atoms with Gasteiger partial charge in [-0.05, 0) is 18.9 Å². The van der Waals surface area contributed by atoms with E-state index >= 15 is 0 Å². The molecule has 5 heteroatoms. The van der Waals surface area contributed by atoms with Crippen LogP contribution < -0.4 is 5.32 Å². The van der Waals surface area contributed by atoms with Crippen LogP contribution in [0.25, 0.3) is 0 Å². The average molecular weight is 253 g/mol. The van der Waals surface area contributed by atoms with Crippen LogP contribution in [-0.2, 0) is 19.1 Å². The van der Waals surface area contributed by atoms with E-state index < -0.39 is 11.9 Å². The van der Waals surface area contributed by atoms with Gasteiger partial charge < -0.3 is 14.8 Å². The minimum absolute atomic E-state index is 0.301. The highest BCUT2D eigenvalue weighted by molar-refractivity contribution is 5.93. The van der Waals surface area contributed by atoms with Crippen molar-refractivity contribution in [3.63, 3.8) is 0 Å². The third kappa shape index (κ3) is 4.61. The molecule has 0 bridgehead atoms. The summed E-state index contributed by atoms with van der Waals surface area (Å²) >= 11 is 0. The number of esters is 2. The lowest BCUT2D eigenvalue weighted by molar-refractivity contribution is -0.135. The molecular formula is C13H19NO4. The van der Waals surface area contributed by atoms with E-state index in [1.54, 1.807) is 6.20 Å². The van der Waals surface area contributed by atoms with Crippen LogP contribution in [0.2, 0.25) is 0 Å². The first-order valence-electron chi connectivity index (χ1n) is 5.98. The van der Waals surface area contributed by atoms with Crippen molar-refractivity contribution in [2.75, 3.05) is 14.2 Å². The Morgan fingerprint density at radius 2 is 1.78 bits per heavy atom. The standard InChI is InChI=1S/C13H19NO4/c1-17-12(15)8-7-10(13(16)18-2)9-14-11-5-3-4-6-11/h7-9,11,14H,3-6H2,1-2H3/b8-7+,10-9-. The third-order valence-electron chi connectivity index (χ3n) is 2.85. The second-order valence-corrected chi connectivity index (χ2v) is 4.10. The molecule has 1 N–H and O–H groups in total. The molecule has 0 aromatic heterocycles. The van der Waals surface area contributed by atoms with Crippen molar-refractivity contribution in [2.45, 2.75) is 31.7 Å². The normalized spacial score (nSPS) is 16.9. The van der Waals surface area contributed by atoms with E-state index in [1.807, 2.05) is 0 Å². The van der Waals surface area contributed by atoms with Crippen LogP contribution in [0.15, 0.2) is 23.9 Å². The SMILES string of the molecule is COC(=O)/C=C/C(=C/NC1CCCC1)C(=O)OC. The van der Waals surface area contributed by atoms with Gasteiger partial charge in [0.2, 0.25) is 0 Å². The monoisotopic (exact) mass is 253 g/mol. The first-order chi connectivity index (χ1) is 8.67. The Balaban J connectivity index is 2.64. The van der Waals surface area contributed by atoms with Gasteiger partial charge in [0, 0.05) is 18.3 Å². The van der Waals surface area contributed by atoms with Crippen LogP contribution in [0.3, 0.4) is 0 Å². The molecule has 0 unspecified atom stereocenters. The molecule has 1 fully saturated rings.